The number of hydrogen-bond donors (Lipinski definition) is 1. The van der Waals surface area contributed by atoms with E-state index in [2.05, 4.69) is 10.3 Å². The SMILES string of the molecule is CCOc1cc(/C=C2\N=C(c3ccc(NC(C)=O)cc3)OC2=O)ccc1OC(=O)CC. The third-order valence-electron chi connectivity index (χ3n) is 4.16. The van der Waals surface area contributed by atoms with Crippen LogP contribution >= 0.6 is 0 Å². The van der Waals surface area contributed by atoms with Gasteiger partial charge in [-0.15, -0.1) is 0 Å². The average Bonchev–Trinajstić information content (AvgIpc) is 3.10. The van der Waals surface area contributed by atoms with Crippen LogP contribution in [0, 0.1) is 0 Å². The summed E-state index contributed by atoms with van der Waals surface area (Å²) in [4.78, 5) is 39.3. The summed E-state index contributed by atoms with van der Waals surface area (Å²) < 4.78 is 16.1. The number of cyclic esters (lactones) is 1. The Labute approximate surface area is 179 Å². The van der Waals surface area contributed by atoms with Crippen LogP contribution in [0.2, 0.25) is 0 Å². The summed E-state index contributed by atoms with van der Waals surface area (Å²) >= 11 is 0. The maximum atomic E-state index is 12.3. The number of amides is 1. The molecule has 8 heteroatoms. The first-order valence-corrected chi connectivity index (χ1v) is 9.77. The zero-order valence-electron chi connectivity index (χ0n) is 17.4. The average molecular weight is 422 g/mol. The van der Waals surface area contributed by atoms with Gasteiger partial charge in [0.1, 0.15) is 0 Å². The van der Waals surface area contributed by atoms with Crippen molar-refractivity contribution in [3.8, 4) is 11.5 Å². The van der Waals surface area contributed by atoms with Crippen LogP contribution in [0.25, 0.3) is 6.08 Å². The Bertz CT molecular complexity index is 1070. The zero-order valence-corrected chi connectivity index (χ0v) is 17.4. The molecule has 0 spiro atoms. The van der Waals surface area contributed by atoms with E-state index in [1.807, 2.05) is 6.92 Å². The molecule has 160 valence electrons. The van der Waals surface area contributed by atoms with Crippen molar-refractivity contribution < 1.29 is 28.6 Å². The van der Waals surface area contributed by atoms with Crippen LogP contribution in [0.1, 0.15) is 38.3 Å². The van der Waals surface area contributed by atoms with Gasteiger partial charge in [-0.1, -0.05) is 13.0 Å². The minimum Gasteiger partial charge on any atom is -0.490 e. The first-order valence-electron chi connectivity index (χ1n) is 9.77. The highest BCUT2D eigenvalue weighted by Crippen LogP contribution is 2.30. The number of benzene rings is 2. The summed E-state index contributed by atoms with van der Waals surface area (Å²) in [7, 11) is 0. The van der Waals surface area contributed by atoms with Gasteiger partial charge < -0.3 is 19.5 Å². The van der Waals surface area contributed by atoms with Gasteiger partial charge in [0.05, 0.1) is 6.61 Å². The highest BCUT2D eigenvalue weighted by atomic mass is 16.6. The number of carbonyl (C=O) groups excluding carboxylic acids is 3. The highest BCUT2D eigenvalue weighted by Gasteiger charge is 2.24. The van der Waals surface area contributed by atoms with Gasteiger partial charge in [0.15, 0.2) is 17.2 Å². The number of ether oxygens (including phenoxy) is 3. The molecule has 31 heavy (non-hydrogen) atoms. The first-order chi connectivity index (χ1) is 14.9. The molecular formula is C23H22N2O6. The van der Waals surface area contributed by atoms with Gasteiger partial charge in [0, 0.05) is 24.6 Å². The number of nitrogens with one attached hydrogen (secondary N) is 1. The molecule has 0 atom stereocenters. The Morgan fingerprint density at radius 1 is 1.10 bits per heavy atom. The lowest BCUT2D eigenvalue weighted by atomic mass is 10.1. The Morgan fingerprint density at radius 3 is 2.48 bits per heavy atom. The van der Waals surface area contributed by atoms with E-state index in [1.165, 1.54) is 6.92 Å². The molecule has 0 saturated carbocycles. The molecule has 0 radical (unpaired) electrons. The number of anilines is 1. The summed E-state index contributed by atoms with van der Waals surface area (Å²) in [5, 5.41) is 2.67. The molecule has 0 bridgehead atoms. The topological polar surface area (TPSA) is 103 Å². The molecule has 0 fully saturated rings. The predicted molar refractivity (Wildman–Crippen MR) is 115 cm³/mol. The zero-order chi connectivity index (χ0) is 22.4. The lowest BCUT2D eigenvalue weighted by Crippen LogP contribution is -2.07. The molecule has 1 heterocycles. The van der Waals surface area contributed by atoms with Gasteiger partial charge in [0.2, 0.25) is 11.8 Å². The number of rotatable bonds is 7. The van der Waals surface area contributed by atoms with Crippen molar-refractivity contribution in [1.29, 1.82) is 0 Å². The minimum absolute atomic E-state index is 0.127. The van der Waals surface area contributed by atoms with Crippen molar-refractivity contribution in [2.75, 3.05) is 11.9 Å². The van der Waals surface area contributed by atoms with Crippen molar-refractivity contribution in [3.63, 3.8) is 0 Å². The normalized spacial score (nSPS) is 14.1. The van der Waals surface area contributed by atoms with Crippen molar-refractivity contribution >= 4 is 35.5 Å². The fourth-order valence-corrected chi connectivity index (χ4v) is 2.75. The van der Waals surface area contributed by atoms with Crippen LogP contribution in [0.15, 0.2) is 53.2 Å². The van der Waals surface area contributed by atoms with Crippen LogP contribution in [0.5, 0.6) is 11.5 Å². The molecule has 2 aromatic rings. The quantitative estimate of drug-likeness (QED) is 0.415. The largest absolute Gasteiger partial charge is 0.490 e. The number of nitrogens with zero attached hydrogens (tertiary/aromatic N) is 1. The summed E-state index contributed by atoms with van der Waals surface area (Å²) in [6, 6.07) is 11.7. The van der Waals surface area contributed by atoms with Crippen molar-refractivity contribution in [3.05, 3.63) is 59.3 Å². The Kier molecular flexibility index (Phi) is 6.81. The molecule has 0 aromatic heterocycles. The van der Waals surface area contributed by atoms with E-state index in [0.29, 0.717) is 34.9 Å². The smallest absolute Gasteiger partial charge is 0.363 e. The van der Waals surface area contributed by atoms with Crippen LogP contribution in [0.4, 0.5) is 5.69 Å². The molecule has 0 unspecified atom stereocenters. The van der Waals surface area contributed by atoms with Gasteiger partial charge >= 0.3 is 11.9 Å². The summed E-state index contributed by atoms with van der Waals surface area (Å²) in [6.07, 6.45) is 1.81. The predicted octanol–water partition coefficient (Wildman–Crippen LogP) is 3.70. The summed E-state index contributed by atoms with van der Waals surface area (Å²) in [5.74, 6) is -0.254. The lowest BCUT2D eigenvalue weighted by Gasteiger charge is -2.10. The van der Waals surface area contributed by atoms with Crippen molar-refractivity contribution in [2.45, 2.75) is 27.2 Å². The van der Waals surface area contributed by atoms with Gasteiger partial charge in [-0.05, 0) is 55.0 Å². The second kappa shape index (κ2) is 9.71. The van der Waals surface area contributed by atoms with Gasteiger partial charge in [-0.2, -0.15) is 0 Å². The van der Waals surface area contributed by atoms with Gasteiger partial charge in [-0.3, -0.25) is 9.59 Å². The van der Waals surface area contributed by atoms with Crippen molar-refractivity contribution in [1.82, 2.24) is 0 Å². The fourth-order valence-electron chi connectivity index (χ4n) is 2.75. The monoisotopic (exact) mass is 422 g/mol. The summed E-state index contributed by atoms with van der Waals surface area (Å²) in [5.41, 5.74) is 1.99. The third-order valence-corrected chi connectivity index (χ3v) is 4.16. The second-order valence-electron chi connectivity index (χ2n) is 6.56. The van der Waals surface area contributed by atoms with E-state index in [1.54, 1.807) is 55.5 Å². The van der Waals surface area contributed by atoms with E-state index in [-0.39, 0.29) is 29.9 Å². The van der Waals surface area contributed by atoms with Crippen LogP contribution < -0.4 is 14.8 Å². The molecule has 0 saturated heterocycles. The first kappa shape index (κ1) is 21.8. The van der Waals surface area contributed by atoms with E-state index < -0.39 is 5.97 Å². The van der Waals surface area contributed by atoms with E-state index in [4.69, 9.17) is 14.2 Å². The molecular weight excluding hydrogens is 400 g/mol. The van der Waals surface area contributed by atoms with Crippen LogP contribution in [0.3, 0.4) is 0 Å². The van der Waals surface area contributed by atoms with E-state index in [0.717, 1.165) is 0 Å². The Balaban J connectivity index is 1.84. The van der Waals surface area contributed by atoms with E-state index >= 15 is 0 Å². The molecule has 8 nitrogen and oxygen atoms in total. The number of hydrogen-bond acceptors (Lipinski definition) is 7. The molecule has 1 aliphatic rings. The third kappa shape index (κ3) is 5.57. The second-order valence-corrected chi connectivity index (χ2v) is 6.56. The highest BCUT2D eigenvalue weighted by molar-refractivity contribution is 6.13. The number of esters is 2. The van der Waals surface area contributed by atoms with Crippen molar-refractivity contribution in [2.24, 2.45) is 4.99 Å². The number of aliphatic imine (C=N–C) groups is 1. The molecule has 1 aliphatic heterocycles. The summed E-state index contributed by atoms with van der Waals surface area (Å²) in [6.45, 7) is 5.33. The maximum Gasteiger partial charge on any atom is 0.363 e. The molecule has 0 aliphatic carbocycles. The Hall–Kier alpha value is -3.94. The van der Waals surface area contributed by atoms with Crippen LogP contribution in [-0.4, -0.2) is 30.4 Å². The maximum absolute atomic E-state index is 12.3. The van der Waals surface area contributed by atoms with E-state index in [9.17, 15) is 14.4 Å². The molecule has 1 N–H and O–H groups in total. The lowest BCUT2D eigenvalue weighted by molar-refractivity contribution is -0.134. The fraction of sp³-hybridized carbons (Fsp3) is 0.217. The standard InChI is InChI=1S/C23H22N2O6/c1-4-21(27)30-19-11-6-15(13-20(19)29-5-2)12-18-23(28)31-22(25-18)16-7-9-17(10-8-16)24-14(3)26/h6-13H,4-5H2,1-3H3,(H,24,26)/b18-12-. The molecule has 1 amide bonds. The van der Waals surface area contributed by atoms with Gasteiger partial charge in [-0.25, -0.2) is 9.79 Å². The molecule has 3 rings (SSSR count). The number of carbonyl (C=O) groups is 3. The molecule has 2 aromatic carbocycles. The Morgan fingerprint density at radius 2 is 1.84 bits per heavy atom. The minimum atomic E-state index is -0.583. The van der Waals surface area contributed by atoms with Gasteiger partial charge in [0.25, 0.3) is 0 Å². The van der Waals surface area contributed by atoms with Crippen LogP contribution in [-0.2, 0) is 19.1 Å².